The third-order valence-electron chi connectivity index (χ3n) is 2.71. The fraction of sp³-hybridized carbons (Fsp3) is 0.143. The Labute approximate surface area is 130 Å². The van der Waals surface area contributed by atoms with Crippen molar-refractivity contribution in [2.75, 3.05) is 17.7 Å². The highest BCUT2D eigenvalue weighted by Crippen LogP contribution is 2.25. The summed E-state index contributed by atoms with van der Waals surface area (Å²) < 4.78 is 0.822. The second-order valence-electron chi connectivity index (χ2n) is 4.24. The number of pyridine rings is 1. The molecule has 0 unspecified atom stereocenters. The van der Waals surface area contributed by atoms with Gasteiger partial charge in [-0.25, -0.2) is 4.98 Å². The van der Waals surface area contributed by atoms with Crippen molar-refractivity contribution in [3.8, 4) is 0 Å². The summed E-state index contributed by atoms with van der Waals surface area (Å²) >= 11 is 9.42. The highest BCUT2D eigenvalue weighted by atomic mass is 79.9. The molecule has 0 fully saturated rings. The molecule has 0 aliphatic heterocycles. The summed E-state index contributed by atoms with van der Waals surface area (Å²) in [5.74, 6) is 0.285. The summed E-state index contributed by atoms with van der Waals surface area (Å²) in [4.78, 5) is 16.3. The molecule has 2 rings (SSSR count). The molecule has 0 spiro atoms. The first kappa shape index (κ1) is 14.8. The predicted octanol–water partition coefficient (Wildman–Crippen LogP) is 4.10. The largest absolute Gasteiger partial charge is 0.372 e. The first-order valence-corrected chi connectivity index (χ1v) is 7.09. The van der Waals surface area contributed by atoms with Crippen molar-refractivity contribution in [3.05, 3.63) is 51.1 Å². The van der Waals surface area contributed by atoms with Crippen LogP contribution in [0.1, 0.15) is 15.9 Å². The Morgan fingerprint density at radius 2 is 2.10 bits per heavy atom. The zero-order valence-corrected chi connectivity index (χ0v) is 13.3. The molecule has 2 N–H and O–H groups in total. The number of amides is 1. The van der Waals surface area contributed by atoms with Gasteiger partial charge in [-0.1, -0.05) is 17.7 Å². The number of nitrogens with zero attached hydrogens (tertiary/aromatic N) is 1. The van der Waals surface area contributed by atoms with E-state index in [1.807, 2.05) is 25.1 Å². The molecule has 0 aliphatic rings. The number of halogens is 2. The fourth-order valence-electron chi connectivity index (χ4n) is 1.68. The zero-order chi connectivity index (χ0) is 14.7. The van der Waals surface area contributed by atoms with Gasteiger partial charge in [0.05, 0.1) is 16.3 Å². The summed E-state index contributed by atoms with van der Waals surface area (Å²) in [5.41, 5.74) is 2.18. The van der Waals surface area contributed by atoms with Crippen LogP contribution < -0.4 is 10.6 Å². The molecule has 0 saturated heterocycles. The summed E-state index contributed by atoms with van der Waals surface area (Å²) in [6.07, 6.45) is 1.48. The Hall–Kier alpha value is -1.59. The summed E-state index contributed by atoms with van der Waals surface area (Å²) in [6, 6.07) is 7.32. The van der Waals surface area contributed by atoms with Gasteiger partial charge in [0.1, 0.15) is 5.82 Å². The van der Waals surface area contributed by atoms with E-state index in [2.05, 4.69) is 31.5 Å². The van der Waals surface area contributed by atoms with E-state index in [0.29, 0.717) is 22.1 Å². The molecule has 1 aromatic heterocycles. The van der Waals surface area contributed by atoms with E-state index in [0.717, 1.165) is 10.0 Å². The van der Waals surface area contributed by atoms with E-state index in [9.17, 15) is 4.79 Å². The van der Waals surface area contributed by atoms with Gasteiger partial charge in [0, 0.05) is 17.7 Å². The van der Waals surface area contributed by atoms with Gasteiger partial charge >= 0.3 is 0 Å². The molecule has 0 aliphatic carbocycles. The van der Waals surface area contributed by atoms with Gasteiger partial charge in [-0.15, -0.1) is 0 Å². The van der Waals surface area contributed by atoms with Crippen LogP contribution >= 0.6 is 27.5 Å². The Morgan fingerprint density at radius 1 is 1.35 bits per heavy atom. The van der Waals surface area contributed by atoms with Crippen molar-refractivity contribution in [2.45, 2.75) is 6.92 Å². The third kappa shape index (κ3) is 3.29. The Morgan fingerprint density at radius 3 is 2.75 bits per heavy atom. The average molecular weight is 355 g/mol. The first-order valence-electron chi connectivity index (χ1n) is 5.92. The van der Waals surface area contributed by atoms with E-state index in [-0.39, 0.29) is 5.91 Å². The molecule has 1 aromatic carbocycles. The SMILES string of the molecule is CNc1ncc(C(=O)Nc2cc(C)ccc2Br)cc1Cl. The molecular weight excluding hydrogens is 342 g/mol. The molecule has 2 aromatic rings. The van der Waals surface area contributed by atoms with Gasteiger partial charge in [-0.2, -0.15) is 0 Å². The summed E-state index contributed by atoms with van der Waals surface area (Å²) in [5, 5.41) is 6.08. The lowest BCUT2D eigenvalue weighted by molar-refractivity contribution is 0.102. The second-order valence-corrected chi connectivity index (χ2v) is 5.50. The molecular formula is C14H13BrClN3O. The van der Waals surface area contributed by atoms with Crippen LogP contribution in [-0.4, -0.2) is 17.9 Å². The number of carbonyl (C=O) groups excluding carboxylic acids is 1. The van der Waals surface area contributed by atoms with Crippen molar-refractivity contribution >= 4 is 44.9 Å². The van der Waals surface area contributed by atoms with Gasteiger partial charge < -0.3 is 10.6 Å². The lowest BCUT2D eigenvalue weighted by Gasteiger charge is -2.09. The van der Waals surface area contributed by atoms with Crippen LogP contribution in [0, 0.1) is 6.92 Å². The molecule has 20 heavy (non-hydrogen) atoms. The highest BCUT2D eigenvalue weighted by molar-refractivity contribution is 9.10. The van der Waals surface area contributed by atoms with E-state index < -0.39 is 0 Å². The zero-order valence-electron chi connectivity index (χ0n) is 11.0. The molecule has 4 nitrogen and oxygen atoms in total. The van der Waals surface area contributed by atoms with Crippen LogP contribution in [0.3, 0.4) is 0 Å². The quantitative estimate of drug-likeness (QED) is 0.872. The summed E-state index contributed by atoms with van der Waals surface area (Å²) in [6.45, 7) is 1.96. The average Bonchev–Trinajstić information content (AvgIpc) is 2.42. The smallest absolute Gasteiger partial charge is 0.257 e. The maximum atomic E-state index is 12.2. The Balaban J connectivity index is 2.24. The van der Waals surface area contributed by atoms with Crippen molar-refractivity contribution in [2.24, 2.45) is 0 Å². The molecule has 1 heterocycles. The topological polar surface area (TPSA) is 54.0 Å². The molecule has 104 valence electrons. The minimum atomic E-state index is -0.256. The van der Waals surface area contributed by atoms with Crippen LogP contribution in [0.2, 0.25) is 5.02 Å². The highest BCUT2D eigenvalue weighted by Gasteiger charge is 2.11. The first-order chi connectivity index (χ1) is 9.51. The molecule has 6 heteroatoms. The number of nitrogens with one attached hydrogen (secondary N) is 2. The van der Waals surface area contributed by atoms with E-state index in [4.69, 9.17) is 11.6 Å². The van der Waals surface area contributed by atoms with Gasteiger partial charge in [0.2, 0.25) is 0 Å². The lowest BCUT2D eigenvalue weighted by Crippen LogP contribution is -2.13. The monoisotopic (exact) mass is 353 g/mol. The number of anilines is 2. The van der Waals surface area contributed by atoms with E-state index in [1.54, 1.807) is 13.1 Å². The van der Waals surface area contributed by atoms with E-state index in [1.165, 1.54) is 6.20 Å². The van der Waals surface area contributed by atoms with Gasteiger partial charge in [-0.3, -0.25) is 4.79 Å². The second kappa shape index (κ2) is 6.24. The molecule has 0 atom stereocenters. The number of aromatic nitrogens is 1. The maximum absolute atomic E-state index is 12.2. The fourth-order valence-corrected chi connectivity index (χ4v) is 2.28. The molecule has 0 bridgehead atoms. The summed E-state index contributed by atoms with van der Waals surface area (Å²) in [7, 11) is 1.72. The number of carbonyl (C=O) groups is 1. The number of hydrogen-bond donors (Lipinski definition) is 2. The Kier molecular flexibility index (Phi) is 4.62. The predicted molar refractivity (Wildman–Crippen MR) is 85.6 cm³/mol. The number of hydrogen-bond acceptors (Lipinski definition) is 3. The normalized spacial score (nSPS) is 10.2. The molecule has 1 amide bonds. The van der Waals surface area contributed by atoms with Crippen LogP contribution in [0.5, 0.6) is 0 Å². The van der Waals surface area contributed by atoms with Crippen LogP contribution in [0.4, 0.5) is 11.5 Å². The lowest BCUT2D eigenvalue weighted by atomic mass is 10.2. The van der Waals surface area contributed by atoms with Crippen LogP contribution in [0.25, 0.3) is 0 Å². The minimum Gasteiger partial charge on any atom is -0.372 e. The van der Waals surface area contributed by atoms with Gasteiger partial charge in [0.15, 0.2) is 0 Å². The van der Waals surface area contributed by atoms with Crippen LogP contribution in [-0.2, 0) is 0 Å². The third-order valence-corrected chi connectivity index (χ3v) is 3.69. The Bertz CT molecular complexity index is 661. The number of rotatable bonds is 3. The maximum Gasteiger partial charge on any atom is 0.257 e. The standard InChI is InChI=1S/C14H13BrClN3O/c1-8-3-4-10(15)12(5-8)19-14(20)9-6-11(16)13(17-2)18-7-9/h3-7H,1-2H3,(H,17,18)(H,19,20). The minimum absolute atomic E-state index is 0.256. The van der Waals surface area contributed by atoms with Crippen molar-refractivity contribution < 1.29 is 4.79 Å². The molecule has 0 radical (unpaired) electrons. The van der Waals surface area contributed by atoms with Crippen LogP contribution in [0.15, 0.2) is 34.9 Å². The molecule has 0 saturated carbocycles. The van der Waals surface area contributed by atoms with Crippen molar-refractivity contribution in [1.82, 2.24) is 4.98 Å². The van der Waals surface area contributed by atoms with Crippen molar-refractivity contribution in [3.63, 3.8) is 0 Å². The number of benzene rings is 1. The van der Waals surface area contributed by atoms with Gasteiger partial charge in [-0.05, 0) is 46.6 Å². The van der Waals surface area contributed by atoms with Crippen molar-refractivity contribution in [1.29, 1.82) is 0 Å². The van der Waals surface area contributed by atoms with Gasteiger partial charge in [0.25, 0.3) is 5.91 Å². The van der Waals surface area contributed by atoms with E-state index >= 15 is 0 Å². The number of aryl methyl sites for hydroxylation is 1.